The van der Waals surface area contributed by atoms with E-state index in [9.17, 15) is 4.79 Å². The van der Waals surface area contributed by atoms with Crippen LogP contribution in [-0.2, 0) is 11.8 Å². The summed E-state index contributed by atoms with van der Waals surface area (Å²) < 4.78 is 0. The number of nitrogen functional groups attached to an aromatic ring is 1. The Kier molecular flexibility index (Phi) is 7.38. The summed E-state index contributed by atoms with van der Waals surface area (Å²) in [5.41, 5.74) is 12.4. The Balaban J connectivity index is 2.06. The molecule has 0 aliphatic rings. The third kappa shape index (κ3) is 5.51. The number of anilines is 3. The van der Waals surface area contributed by atoms with Crippen molar-refractivity contribution in [2.45, 2.75) is 59.4 Å². The van der Waals surface area contributed by atoms with Gasteiger partial charge in [-0.1, -0.05) is 69.6 Å². The first kappa shape index (κ1) is 24.7. The lowest BCUT2D eigenvalue weighted by atomic mass is 9.84. The molecule has 2 amide bonds. The van der Waals surface area contributed by atoms with Crippen LogP contribution in [0.5, 0.6) is 0 Å². The van der Waals surface area contributed by atoms with Gasteiger partial charge in [0.2, 0.25) is 0 Å². The smallest absolute Gasteiger partial charge is 0.326 e. The normalized spacial score (nSPS) is 12.3. The van der Waals surface area contributed by atoms with Gasteiger partial charge < -0.3 is 11.1 Å². The molecule has 3 rings (SSSR count). The number of nitrogens with zero attached hydrogens (tertiary/aromatic N) is 1. The van der Waals surface area contributed by atoms with Crippen molar-refractivity contribution in [3.63, 3.8) is 0 Å². The van der Waals surface area contributed by atoms with Crippen LogP contribution in [0.15, 0.2) is 60.7 Å². The number of halogens is 1. The van der Waals surface area contributed by atoms with Gasteiger partial charge in [0.1, 0.15) is 0 Å². The number of aryl methyl sites for hydroxylation is 1. The number of nitrogens with one attached hydrogen (secondary N) is 1. The predicted octanol–water partition coefficient (Wildman–Crippen LogP) is 7.89. The van der Waals surface area contributed by atoms with E-state index in [1.807, 2.05) is 62.4 Å². The summed E-state index contributed by atoms with van der Waals surface area (Å²) in [6, 6.07) is 19.2. The molecule has 0 fully saturated rings. The zero-order valence-corrected chi connectivity index (χ0v) is 21.1. The topological polar surface area (TPSA) is 58.4 Å². The lowest BCUT2D eigenvalue weighted by Gasteiger charge is -2.32. The predicted molar refractivity (Wildman–Crippen MR) is 141 cm³/mol. The molecule has 174 valence electrons. The lowest BCUT2D eigenvalue weighted by molar-refractivity contribution is 0.255. The van der Waals surface area contributed by atoms with Crippen LogP contribution in [0, 0.1) is 6.92 Å². The van der Waals surface area contributed by atoms with Crippen molar-refractivity contribution in [1.82, 2.24) is 0 Å². The van der Waals surface area contributed by atoms with Crippen LogP contribution in [0.2, 0.25) is 5.02 Å². The van der Waals surface area contributed by atoms with Gasteiger partial charge in [-0.2, -0.15) is 0 Å². The molecule has 5 heteroatoms. The molecule has 0 bridgehead atoms. The number of nitrogens with two attached hydrogens (primary N) is 1. The maximum atomic E-state index is 13.8. The van der Waals surface area contributed by atoms with E-state index >= 15 is 0 Å². The number of rotatable bonds is 5. The van der Waals surface area contributed by atoms with E-state index in [2.05, 4.69) is 45.1 Å². The van der Waals surface area contributed by atoms with Crippen molar-refractivity contribution in [3.8, 4) is 0 Å². The molecule has 4 nitrogen and oxygen atoms in total. The van der Waals surface area contributed by atoms with Crippen LogP contribution in [-0.4, -0.2) is 6.03 Å². The number of amides is 2. The molecule has 1 atom stereocenters. The zero-order chi connectivity index (χ0) is 24.3. The second-order valence-electron chi connectivity index (χ2n) is 9.50. The van der Waals surface area contributed by atoms with Gasteiger partial charge in [-0.05, 0) is 78.3 Å². The Labute approximate surface area is 202 Å². The van der Waals surface area contributed by atoms with Crippen LogP contribution in [0.3, 0.4) is 0 Å². The van der Waals surface area contributed by atoms with E-state index in [0.717, 1.165) is 34.5 Å². The Morgan fingerprint density at radius 1 is 1.03 bits per heavy atom. The first-order valence-electron chi connectivity index (χ1n) is 11.4. The second-order valence-corrected chi connectivity index (χ2v) is 9.94. The molecule has 0 aliphatic heterocycles. The van der Waals surface area contributed by atoms with Gasteiger partial charge in [-0.25, -0.2) is 4.79 Å². The van der Waals surface area contributed by atoms with Crippen LogP contribution < -0.4 is 16.0 Å². The molecule has 3 N–H and O–H groups in total. The van der Waals surface area contributed by atoms with Gasteiger partial charge in [0.25, 0.3) is 0 Å². The van der Waals surface area contributed by atoms with E-state index in [4.69, 9.17) is 17.3 Å². The molecular weight excluding hydrogens is 430 g/mol. The van der Waals surface area contributed by atoms with Crippen LogP contribution in [0.4, 0.5) is 21.9 Å². The zero-order valence-electron chi connectivity index (χ0n) is 20.4. The number of carbonyl (C=O) groups is 1. The quantitative estimate of drug-likeness (QED) is 0.378. The Bertz CT molecular complexity index is 1120. The fourth-order valence-electron chi connectivity index (χ4n) is 3.98. The SMILES string of the molecule is CCc1ccc(N(C(=O)Nc2c(C(C)(C)C)ccc(N)c2C)[C@@H](C)c2ccc(Cl)cc2)cc1. The standard InChI is InChI=1S/C28H34ClN3O/c1-7-20-8-14-23(15-9-20)32(19(3)21-10-12-22(29)13-11-21)27(33)31-26-18(2)25(30)17-16-24(26)28(4,5)6/h8-17,19H,7,30H2,1-6H3,(H,31,33)/t19-/m0/s1. The third-order valence-electron chi connectivity index (χ3n) is 6.13. The highest BCUT2D eigenvalue weighted by Gasteiger charge is 2.27. The fraction of sp³-hybridized carbons (Fsp3) is 0.321. The number of benzene rings is 3. The molecule has 0 radical (unpaired) electrons. The van der Waals surface area contributed by atoms with Crippen molar-refractivity contribution < 1.29 is 4.79 Å². The molecule has 0 aromatic heterocycles. The lowest BCUT2D eigenvalue weighted by Crippen LogP contribution is -2.38. The van der Waals surface area contributed by atoms with Gasteiger partial charge in [0.15, 0.2) is 0 Å². The fourth-order valence-corrected chi connectivity index (χ4v) is 4.11. The molecule has 0 spiro atoms. The second kappa shape index (κ2) is 9.88. The number of hydrogen-bond donors (Lipinski definition) is 2. The summed E-state index contributed by atoms with van der Waals surface area (Å²) in [6.45, 7) is 12.5. The third-order valence-corrected chi connectivity index (χ3v) is 6.38. The Hall–Kier alpha value is -2.98. The van der Waals surface area contributed by atoms with Crippen molar-refractivity contribution in [1.29, 1.82) is 0 Å². The van der Waals surface area contributed by atoms with E-state index in [1.165, 1.54) is 5.56 Å². The molecular formula is C28H34ClN3O. The number of hydrogen-bond acceptors (Lipinski definition) is 2. The van der Waals surface area contributed by atoms with Gasteiger partial charge in [0.05, 0.1) is 11.7 Å². The molecule has 3 aromatic rings. The molecule has 0 heterocycles. The van der Waals surface area contributed by atoms with Crippen LogP contribution >= 0.6 is 11.6 Å². The van der Waals surface area contributed by atoms with Crippen LogP contribution in [0.1, 0.15) is 62.9 Å². The monoisotopic (exact) mass is 463 g/mol. The van der Waals surface area contributed by atoms with E-state index in [0.29, 0.717) is 10.7 Å². The highest BCUT2D eigenvalue weighted by atomic mass is 35.5. The van der Waals surface area contributed by atoms with E-state index in [1.54, 1.807) is 4.90 Å². The Morgan fingerprint density at radius 3 is 2.18 bits per heavy atom. The highest BCUT2D eigenvalue weighted by Crippen LogP contribution is 2.36. The summed E-state index contributed by atoms with van der Waals surface area (Å²) >= 11 is 6.10. The van der Waals surface area contributed by atoms with Crippen LogP contribution in [0.25, 0.3) is 0 Å². The summed E-state index contributed by atoms with van der Waals surface area (Å²) in [4.78, 5) is 15.6. The summed E-state index contributed by atoms with van der Waals surface area (Å²) in [5, 5.41) is 3.86. The van der Waals surface area contributed by atoms with Crippen molar-refractivity contribution in [3.05, 3.63) is 87.9 Å². The average molecular weight is 464 g/mol. The Morgan fingerprint density at radius 2 is 1.64 bits per heavy atom. The molecule has 0 aliphatic carbocycles. The minimum absolute atomic E-state index is 0.156. The molecule has 3 aromatic carbocycles. The maximum absolute atomic E-state index is 13.8. The van der Waals surface area contributed by atoms with E-state index in [-0.39, 0.29) is 17.5 Å². The van der Waals surface area contributed by atoms with Crippen molar-refractivity contribution >= 4 is 34.7 Å². The molecule has 33 heavy (non-hydrogen) atoms. The van der Waals surface area contributed by atoms with E-state index < -0.39 is 0 Å². The first-order chi connectivity index (χ1) is 15.5. The molecule has 0 saturated heterocycles. The summed E-state index contributed by atoms with van der Waals surface area (Å²) in [6.07, 6.45) is 0.941. The molecule has 0 saturated carbocycles. The summed E-state index contributed by atoms with van der Waals surface area (Å²) in [5.74, 6) is 0. The van der Waals surface area contributed by atoms with Crippen molar-refractivity contribution in [2.24, 2.45) is 0 Å². The maximum Gasteiger partial charge on any atom is 0.326 e. The summed E-state index contributed by atoms with van der Waals surface area (Å²) in [7, 11) is 0. The first-order valence-corrected chi connectivity index (χ1v) is 11.7. The van der Waals surface area contributed by atoms with Crippen molar-refractivity contribution in [2.75, 3.05) is 16.0 Å². The molecule has 0 unspecified atom stereocenters. The minimum atomic E-state index is -0.214. The number of carbonyl (C=O) groups excluding carboxylic acids is 1. The largest absolute Gasteiger partial charge is 0.398 e. The average Bonchev–Trinajstić information content (AvgIpc) is 2.77. The van der Waals surface area contributed by atoms with Gasteiger partial charge in [-0.15, -0.1) is 0 Å². The highest BCUT2D eigenvalue weighted by molar-refractivity contribution is 6.30. The van der Waals surface area contributed by atoms with Gasteiger partial charge in [-0.3, -0.25) is 4.90 Å². The minimum Gasteiger partial charge on any atom is -0.398 e. The van der Waals surface area contributed by atoms with Gasteiger partial charge >= 0.3 is 6.03 Å². The number of urea groups is 1. The van der Waals surface area contributed by atoms with Gasteiger partial charge in [0, 0.05) is 16.4 Å².